The molecule has 1 aliphatic heterocycles. The fraction of sp³-hybridized carbons (Fsp3) is 0.581. The van der Waals surface area contributed by atoms with Crippen LogP contribution in [0.2, 0.25) is 0 Å². The van der Waals surface area contributed by atoms with Crippen molar-refractivity contribution in [1.82, 2.24) is 4.90 Å². The molecule has 2 aliphatic carbocycles. The van der Waals surface area contributed by atoms with Crippen LogP contribution < -0.4 is 9.47 Å². The largest absolute Gasteiger partial charge is 0.493 e. The van der Waals surface area contributed by atoms with E-state index in [2.05, 4.69) is 13.0 Å². The Bertz CT molecular complexity index is 1060. The molecule has 1 heterocycles. The van der Waals surface area contributed by atoms with Gasteiger partial charge in [-0.3, -0.25) is 4.79 Å². The molecular weight excluding hydrogens is 466 g/mol. The summed E-state index contributed by atoms with van der Waals surface area (Å²) < 4.78 is 17.7. The predicted molar refractivity (Wildman–Crippen MR) is 143 cm³/mol. The van der Waals surface area contributed by atoms with E-state index in [1.807, 2.05) is 54.3 Å². The second kappa shape index (κ2) is 11.0. The van der Waals surface area contributed by atoms with Gasteiger partial charge >= 0.3 is 0 Å². The summed E-state index contributed by atoms with van der Waals surface area (Å²) in [6, 6.07) is 15.9. The SMILES string of the molecule is COc1ccc(C2CN(C(=O)COCc3ccccc3)CC2(C)[C@@H](C)O)cc1OCC1C2CCCCC21. The number of fused-ring (bicyclic) bond motifs is 1. The van der Waals surface area contributed by atoms with E-state index in [1.165, 1.54) is 25.7 Å². The normalized spacial score (nSPS) is 29.5. The van der Waals surface area contributed by atoms with Gasteiger partial charge in [-0.25, -0.2) is 0 Å². The summed E-state index contributed by atoms with van der Waals surface area (Å²) in [5, 5.41) is 10.8. The number of hydrogen-bond acceptors (Lipinski definition) is 5. The minimum absolute atomic E-state index is 0.0256. The Kier molecular flexibility index (Phi) is 7.77. The van der Waals surface area contributed by atoms with Crippen LogP contribution in [0.4, 0.5) is 0 Å². The number of rotatable bonds is 10. The van der Waals surface area contributed by atoms with Crippen LogP contribution >= 0.6 is 0 Å². The summed E-state index contributed by atoms with van der Waals surface area (Å²) in [6.07, 6.45) is 4.79. The molecule has 0 spiro atoms. The van der Waals surface area contributed by atoms with Crippen LogP contribution in [0.25, 0.3) is 0 Å². The Labute approximate surface area is 220 Å². The van der Waals surface area contributed by atoms with Crippen molar-refractivity contribution in [3.05, 3.63) is 59.7 Å². The van der Waals surface area contributed by atoms with Gasteiger partial charge < -0.3 is 24.2 Å². The molecule has 6 nitrogen and oxygen atoms in total. The van der Waals surface area contributed by atoms with Crippen LogP contribution in [0, 0.1) is 23.2 Å². The standard InChI is InChI=1S/C31H41NO5/c1-21(33)31(2)20-32(30(34)19-36-17-22-9-5-4-6-10-22)16-27(31)23-13-14-28(35-3)29(15-23)37-18-26-24-11-7-8-12-25(24)26/h4-6,9-10,13-15,21,24-27,33H,7-8,11-12,16-20H2,1-3H3/t21-,24?,25?,26?,27?,31?/m1/s1. The van der Waals surface area contributed by atoms with Crippen molar-refractivity contribution in [2.45, 2.75) is 58.2 Å². The molecule has 2 aromatic rings. The minimum atomic E-state index is -0.582. The average molecular weight is 508 g/mol. The first-order valence-electron chi connectivity index (χ1n) is 13.8. The zero-order valence-electron chi connectivity index (χ0n) is 22.4. The number of nitrogens with zero attached hydrogens (tertiary/aromatic N) is 1. The quantitative estimate of drug-likeness (QED) is 0.488. The molecule has 6 heteroatoms. The second-order valence-corrected chi connectivity index (χ2v) is 11.5. The smallest absolute Gasteiger partial charge is 0.248 e. The van der Waals surface area contributed by atoms with Crippen LogP contribution in [0.3, 0.4) is 0 Å². The van der Waals surface area contributed by atoms with E-state index >= 15 is 0 Å². The van der Waals surface area contributed by atoms with Crippen molar-refractivity contribution in [2.24, 2.45) is 23.2 Å². The lowest BCUT2D eigenvalue weighted by Crippen LogP contribution is -2.38. The maximum absolute atomic E-state index is 13.1. The third-order valence-corrected chi connectivity index (χ3v) is 9.23. The topological polar surface area (TPSA) is 68.2 Å². The number of carbonyl (C=O) groups is 1. The molecule has 2 saturated carbocycles. The Balaban J connectivity index is 1.26. The first kappa shape index (κ1) is 26.1. The second-order valence-electron chi connectivity index (χ2n) is 11.5. The Morgan fingerprint density at radius 3 is 2.51 bits per heavy atom. The number of aliphatic hydroxyl groups excluding tert-OH is 1. The van der Waals surface area contributed by atoms with Crippen molar-refractivity contribution in [3.8, 4) is 11.5 Å². The van der Waals surface area contributed by atoms with Crippen LogP contribution in [0.15, 0.2) is 48.5 Å². The van der Waals surface area contributed by atoms with Gasteiger partial charge in [0.25, 0.3) is 0 Å². The van der Waals surface area contributed by atoms with Gasteiger partial charge in [0.15, 0.2) is 11.5 Å². The predicted octanol–water partition coefficient (Wildman–Crippen LogP) is 5.04. The molecule has 0 aromatic heterocycles. The lowest BCUT2D eigenvalue weighted by Gasteiger charge is -2.33. The maximum Gasteiger partial charge on any atom is 0.248 e. The molecule has 200 valence electrons. The minimum Gasteiger partial charge on any atom is -0.493 e. The summed E-state index contributed by atoms with van der Waals surface area (Å²) in [5.41, 5.74) is 1.62. The van der Waals surface area contributed by atoms with Gasteiger partial charge in [-0.2, -0.15) is 0 Å². The van der Waals surface area contributed by atoms with Crippen molar-refractivity contribution in [3.63, 3.8) is 0 Å². The highest BCUT2D eigenvalue weighted by molar-refractivity contribution is 5.78. The van der Waals surface area contributed by atoms with Crippen molar-refractivity contribution in [1.29, 1.82) is 0 Å². The van der Waals surface area contributed by atoms with E-state index in [9.17, 15) is 9.90 Å². The summed E-state index contributed by atoms with van der Waals surface area (Å²) in [5.74, 6) is 3.74. The summed E-state index contributed by atoms with van der Waals surface area (Å²) in [4.78, 5) is 14.9. The number of carbonyl (C=O) groups excluding carboxylic acids is 1. The van der Waals surface area contributed by atoms with Crippen LogP contribution in [0.1, 0.15) is 56.6 Å². The van der Waals surface area contributed by atoms with E-state index in [0.717, 1.165) is 41.1 Å². The van der Waals surface area contributed by atoms with Crippen molar-refractivity contribution < 1.29 is 24.1 Å². The molecule has 1 amide bonds. The average Bonchev–Trinajstić information content (AvgIpc) is 3.50. The zero-order chi connectivity index (χ0) is 26.0. The molecule has 3 aliphatic rings. The van der Waals surface area contributed by atoms with Gasteiger partial charge in [0.05, 0.1) is 26.4 Å². The monoisotopic (exact) mass is 507 g/mol. The van der Waals surface area contributed by atoms with Gasteiger partial charge in [-0.15, -0.1) is 0 Å². The van der Waals surface area contributed by atoms with Gasteiger partial charge in [0.1, 0.15) is 6.61 Å². The highest BCUT2D eigenvalue weighted by atomic mass is 16.5. The third-order valence-electron chi connectivity index (χ3n) is 9.23. The lowest BCUT2D eigenvalue weighted by molar-refractivity contribution is -0.136. The van der Waals surface area contributed by atoms with E-state index in [0.29, 0.717) is 25.6 Å². The maximum atomic E-state index is 13.1. The molecule has 0 radical (unpaired) electrons. The summed E-state index contributed by atoms with van der Waals surface area (Å²) in [7, 11) is 1.67. The molecule has 1 N–H and O–H groups in total. The van der Waals surface area contributed by atoms with E-state index < -0.39 is 11.5 Å². The van der Waals surface area contributed by atoms with Gasteiger partial charge in [-0.05, 0) is 60.8 Å². The molecule has 2 aromatic carbocycles. The molecule has 4 unspecified atom stereocenters. The third kappa shape index (κ3) is 5.51. The van der Waals surface area contributed by atoms with Crippen LogP contribution in [-0.4, -0.2) is 55.4 Å². The molecule has 5 atom stereocenters. The lowest BCUT2D eigenvalue weighted by atomic mass is 9.72. The zero-order valence-corrected chi connectivity index (χ0v) is 22.4. The number of aliphatic hydroxyl groups is 1. The first-order valence-corrected chi connectivity index (χ1v) is 13.8. The van der Waals surface area contributed by atoms with Gasteiger partial charge in [-0.1, -0.05) is 56.2 Å². The molecule has 0 bridgehead atoms. The number of methoxy groups -OCH3 is 1. The first-order chi connectivity index (χ1) is 17.9. The fourth-order valence-electron chi connectivity index (χ4n) is 6.63. The number of amides is 1. The summed E-state index contributed by atoms with van der Waals surface area (Å²) in [6.45, 7) is 6.07. The van der Waals surface area contributed by atoms with Crippen LogP contribution in [0.5, 0.6) is 11.5 Å². The fourth-order valence-corrected chi connectivity index (χ4v) is 6.63. The molecule has 5 rings (SSSR count). The van der Waals surface area contributed by atoms with E-state index in [-0.39, 0.29) is 18.4 Å². The molecule has 3 fully saturated rings. The number of benzene rings is 2. The molecule has 1 saturated heterocycles. The van der Waals surface area contributed by atoms with Gasteiger partial charge in [0, 0.05) is 24.4 Å². The van der Waals surface area contributed by atoms with Gasteiger partial charge in [0.2, 0.25) is 5.91 Å². The van der Waals surface area contributed by atoms with E-state index in [1.54, 1.807) is 7.11 Å². The summed E-state index contributed by atoms with van der Waals surface area (Å²) >= 11 is 0. The number of hydrogen-bond donors (Lipinski definition) is 1. The number of likely N-dealkylation sites (tertiary alicyclic amines) is 1. The van der Waals surface area contributed by atoms with Crippen molar-refractivity contribution >= 4 is 5.91 Å². The Hall–Kier alpha value is -2.57. The Morgan fingerprint density at radius 1 is 1.11 bits per heavy atom. The van der Waals surface area contributed by atoms with Crippen LogP contribution in [-0.2, 0) is 16.1 Å². The van der Waals surface area contributed by atoms with E-state index in [4.69, 9.17) is 14.2 Å². The molecular formula is C31H41NO5. The Morgan fingerprint density at radius 2 is 1.84 bits per heavy atom. The highest BCUT2D eigenvalue weighted by Gasteiger charge is 2.51. The van der Waals surface area contributed by atoms with Crippen molar-refractivity contribution in [2.75, 3.05) is 33.4 Å². The molecule has 37 heavy (non-hydrogen) atoms. The number of ether oxygens (including phenoxy) is 3. The highest BCUT2D eigenvalue weighted by Crippen LogP contribution is 2.55.